The number of rotatable bonds is 6. The van der Waals surface area contributed by atoms with E-state index in [9.17, 15) is 19.8 Å². The highest BCUT2D eigenvalue weighted by Crippen LogP contribution is 2.25. The molecule has 4 N–H and O–H groups in total. The summed E-state index contributed by atoms with van der Waals surface area (Å²) in [6, 6.07) is 4.35. The first-order valence-electron chi connectivity index (χ1n) is 7.32. The molecule has 1 amide bonds. The van der Waals surface area contributed by atoms with Crippen molar-refractivity contribution in [3.8, 4) is 0 Å². The van der Waals surface area contributed by atoms with Crippen LogP contribution in [-0.2, 0) is 16.0 Å². The molecule has 0 aliphatic heterocycles. The Morgan fingerprint density at radius 2 is 1.92 bits per heavy atom. The van der Waals surface area contributed by atoms with E-state index in [2.05, 4.69) is 5.32 Å². The second kappa shape index (κ2) is 8.32. The van der Waals surface area contributed by atoms with Crippen LogP contribution in [0.2, 0.25) is 5.02 Å². The zero-order chi connectivity index (χ0) is 18.5. The maximum absolute atomic E-state index is 11.6. The normalized spacial score (nSPS) is 13.9. The lowest BCUT2D eigenvalue weighted by Crippen LogP contribution is -2.39. The van der Waals surface area contributed by atoms with Crippen molar-refractivity contribution in [2.24, 2.45) is 0 Å². The SMILES string of the molecule is CC(C)(C)OC(=O)NCC(O)C(O)c1ccc(Cl)cc1CC(=O)O. The van der Waals surface area contributed by atoms with E-state index in [0.29, 0.717) is 10.6 Å². The first-order chi connectivity index (χ1) is 11.0. The highest BCUT2D eigenvalue weighted by Gasteiger charge is 2.24. The van der Waals surface area contributed by atoms with Gasteiger partial charge < -0.3 is 25.4 Å². The van der Waals surface area contributed by atoms with Crippen LogP contribution in [0.15, 0.2) is 18.2 Å². The third kappa shape index (κ3) is 6.74. The molecule has 0 bridgehead atoms. The van der Waals surface area contributed by atoms with Crippen LogP contribution < -0.4 is 5.32 Å². The van der Waals surface area contributed by atoms with Crippen LogP contribution in [0.1, 0.15) is 38.0 Å². The fourth-order valence-electron chi connectivity index (χ4n) is 2.00. The van der Waals surface area contributed by atoms with Crippen LogP contribution in [0.3, 0.4) is 0 Å². The molecule has 0 aromatic heterocycles. The van der Waals surface area contributed by atoms with Gasteiger partial charge in [-0.1, -0.05) is 17.7 Å². The van der Waals surface area contributed by atoms with Gasteiger partial charge in [0, 0.05) is 11.6 Å². The molecular formula is C16H22ClNO6. The summed E-state index contributed by atoms with van der Waals surface area (Å²) < 4.78 is 5.03. The molecule has 0 aliphatic rings. The largest absolute Gasteiger partial charge is 0.481 e. The van der Waals surface area contributed by atoms with Gasteiger partial charge in [0.1, 0.15) is 17.8 Å². The van der Waals surface area contributed by atoms with Crippen LogP contribution in [0, 0.1) is 0 Å². The van der Waals surface area contributed by atoms with Crippen molar-refractivity contribution in [3.05, 3.63) is 34.3 Å². The molecule has 8 heteroatoms. The van der Waals surface area contributed by atoms with Gasteiger partial charge in [0.15, 0.2) is 0 Å². The smallest absolute Gasteiger partial charge is 0.407 e. The van der Waals surface area contributed by atoms with E-state index < -0.39 is 29.9 Å². The second-order valence-electron chi connectivity index (χ2n) is 6.31. The first kappa shape index (κ1) is 20.2. The maximum atomic E-state index is 11.6. The Balaban J connectivity index is 2.77. The van der Waals surface area contributed by atoms with Gasteiger partial charge in [0.2, 0.25) is 0 Å². The average molecular weight is 360 g/mol. The van der Waals surface area contributed by atoms with Gasteiger partial charge >= 0.3 is 12.1 Å². The number of carboxylic acid groups (broad SMARTS) is 1. The van der Waals surface area contributed by atoms with E-state index in [1.165, 1.54) is 18.2 Å². The van der Waals surface area contributed by atoms with Crippen molar-refractivity contribution >= 4 is 23.7 Å². The molecule has 24 heavy (non-hydrogen) atoms. The monoisotopic (exact) mass is 359 g/mol. The van der Waals surface area contributed by atoms with Crippen molar-refractivity contribution < 1.29 is 29.6 Å². The van der Waals surface area contributed by atoms with Crippen LogP contribution in [-0.4, -0.2) is 45.6 Å². The van der Waals surface area contributed by atoms with Crippen LogP contribution in [0.5, 0.6) is 0 Å². The molecule has 0 heterocycles. The number of carboxylic acids is 1. The zero-order valence-corrected chi connectivity index (χ0v) is 14.5. The molecule has 2 unspecified atom stereocenters. The second-order valence-corrected chi connectivity index (χ2v) is 6.75. The van der Waals surface area contributed by atoms with Crippen molar-refractivity contribution in [2.45, 2.75) is 45.0 Å². The van der Waals surface area contributed by atoms with Gasteiger partial charge in [-0.05, 0) is 44.0 Å². The Hall–Kier alpha value is -1.83. The predicted molar refractivity (Wildman–Crippen MR) is 88.0 cm³/mol. The summed E-state index contributed by atoms with van der Waals surface area (Å²) in [5.41, 5.74) is -0.155. The molecule has 0 fully saturated rings. The molecule has 0 saturated carbocycles. The van der Waals surface area contributed by atoms with Crippen molar-refractivity contribution in [3.63, 3.8) is 0 Å². The zero-order valence-electron chi connectivity index (χ0n) is 13.7. The summed E-state index contributed by atoms with van der Waals surface area (Å²) in [7, 11) is 0. The topological polar surface area (TPSA) is 116 Å². The van der Waals surface area contributed by atoms with Crippen molar-refractivity contribution in [1.82, 2.24) is 5.32 Å². The molecule has 0 spiro atoms. The summed E-state index contributed by atoms with van der Waals surface area (Å²) in [6.45, 7) is 4.84. The predicted octanol–water partition coefficient (Wildman–Crippen LogP) is 1.89. The number of alkyl carbamates (subject to hydrolysis) is 1. The highest BCUT2D eigenvalue weighted by molar-refractivity contribution is 6.30. The molecule has 7 nitrogen and oxygen atoms in total. The van der Waals surface area contributed by atoms with Gasteiger partial charge in [0.05, 0.1) is 6.42 Å². The number of aliphatic hydroxyl groups excluding tert-OH is 2. The molecule has 1 aromatic carbocycles. The number of benzene rings is 1. The van der Waals surface area contributed by atoms with Gasteiger partial charge in [-0.25, -0.2) is 4.79 Å². The van der Waals surface area contributed by atoms with Crippen LogP contribution in [0.25, 0.3) is 0 Å². The quantitative estimate of drug-likeness (QED) is 0.616. The third-order valence-corrected chi connectivity index (χ3v) is 3.22. The summed E-state index contributed by atoms with van der Waals surface area (Å²) in [4.78, 5) is 22.5. The number of carbonyl (C=O) groups is 2. The number of halogens is 1. The van der Waals surface area contributed by atoms with E-state index in [0.717, 1.165) is 0 Å². The highest BCUT2D eigenvalue weighted by atomic mass is 35.5. The molecule has 0 radical (unpaired) electrons. The summed E-state index contributed by atoms with van der Waals surface area (Å²) >= 11 is 5.84. The molecule has 1 aromatic rings. The van der Waals surface area contributed by atoms with E-state index in [4.69, 9.17) is 21.4 Å². The lowest BCUT2D eigenvalue weighted by atomic mass is 9.96. The Morgan fingerprint density at radius 3 is 2.46 bits per heavy atom. The van der Waals surface area contributed by atoms with Gasteiger partial charge in [-0.15, -0.1) is 0 Å². The number of nitrogens with one attached hydrogen (secondary N) is 1. The Kier molecular flexibility index (Phi) is 7.01. The number of carbonyl (C=O) groups excluding carboxylic acids is 1. The molecule has 0 saturated heterocycles. The molecule has 0 aliphatic carbocycles. The van der Waals surface area contributed by atoms with E-state index in [1.54, 1.807) is 20.8 Å². The van der Waals surface area contributed by atoms with Crippen LogP contribution in [0.4, 0.5) is 4.79 Å². The number of ether oxygens (including phenoxy) is 1. The first-order valence-corrected chi connectivity index (χ1v) is 7.70. The lowest BCUT2D eigenvalue weighted by Gasteiger charge is -2.23. The number of hydrogen-bond acceptors (Lipinski definition) is 5. The number of aliphatic carboxylic acids is 1. The van der Waals surface area contributed by atoms with E-state index in [1.807, 2.05) is 0 Å². The Bertz CT molecular complexity index is 599. The van der Waals surface area contributed by atoms with Crippen molar-refractivity contribution in [2.75, 3.05) is 6.54 Å². The summed E-state index contributed by atoms with van der Waals surface area (Å²) in [6.07, 6.45) is -3.80. The third-order valence-electron chi connectivity index (χ3n) is 2.98. The molecular weight excluding hydrogens is 338 g/mol. The summed E-state index contributed by atoms with van der Waals surface area (Å²) in [5.74, 6) is -1.09. The molecule has 134 valence electrons. The fourth-order valence-corrected chi connectivity index (χ4v) is 2.19. The lowest BCUT2D eigenvalue weighted by molar-refractivity contribution is -0.136. The van der Waals surface area contributed by atoms with Gasteiger partial charge in [0.25, 0.3) is 0 Å². The minimum atomic E-state index is -1.38. The van der Waals surface area contributed by atoms with E-state index in [-0.39, 0.29) is 18.5 Å². The summed E-state index contributed by atoms with van der Waals surface area (Å²) in [5, 5.41) is 31.9. The average Bonchev–Trinajstić information content (AvgIpc) is 2.41. The van der Waals surface area contributed by atoms with Gasteiger partial charge in [-0.2, -0.15) is 0 Å². The fraction of sp³-hybridized carbons (Fsp3) is 0.500. The minimum Gasteiger partial charge on any atom is -0.481 e. The van der Waals surface area contributed by atoms with Gasteiger partial charge in [-0.3, -0.25) is 4.79 Å². The number of hydrogen-bond donors (Lipinski definition) is 4. The minimum absolute atomic E-state index is 0.236. The molecule has 2 atom stereocenters. The van der Waals surface area contributed by atoms with Crippen molar-refractivity contribution in [1.29, 1.82) is 0 Å². The number of amides is 1. The standard InChI is InChI=1S/C16H22ClNO6/c1-16(2,3)24-15(23)18-8-12(19)14(22)11-5-4-10(17)6-9(11)7-13(20)21/h4-6,12,14,19,22H,7-8H2,1-3H3,(H,18,23)(H,20,21). The number of aliphatic hydroxyl groups is 2. The van der Waals surface area contributed by atoms with Crippen LogP contribution >= 0.6 is 11.6 Å². The Morgan fingerprint density at radius 1 is 1.29 bits per heavy atom. The van der Waals surface area contributed by atoms with E-state index >= 15 is 0 Å². The maximum Gasteiger partial charge on any atom is 0.407 e. The Labute approximate surface area is 145 Å². The molecule has 1 rings (SSSR count).